The van der Waals surface area contributed by atoms with Gasteiger partial charge in [0.05, 0.1) is 33.0 Å². The summed E-state index contributed by atoms with van der Waals surface area (Å²) in [5.74, 6) is -2.03. The number of rotatable bonds is 24. The molecule has 406 valence electrons. The van der Waals surface area contributed by atoms with Crippen LogP contribution < -0.4 is 0 Å². The topological polar surface area (TPSA) is 196 Å². The van der Waals surface area contributed by atoms with E-state index in [1.54, 1.807) is 0 Å². The van der Waals surface area contributed by atoms with Crippen LogP contribution in [0.4, 0.5) is 0 Å². The molecule has 5 aromatic rings. The largest absolute Gasteiger partial charge is 0.463 e. The summed E-state index contributed by atoms with van der Waals surface area (Å²) in [5, 5.41) is 0. The average Bonchev–Trinajstić information content (AvgIpc) is 3.99. The van der Waals surface area contributed by atoms with E-state index < -0.39 is 110 Å². The molecule has 0 aromatic heterocycles. The summed E-state index contributed by atoms with van der Waals surface area (Å²) >= 11 is 0. The first kappa shape index (κ1) is 55.2. The molecule has 4 fully saturated rings. The number of hydrogen-bond donors (Lipinski definition) is 0. The van der Waals surface area contributed by atoms with Crippen molar-refractivity contribution in [2.75, 3.05) is 13.2 Å². The molecule has 4 aliphatic heterocycles. The van der Waals surface area contributed by atoms with Crippen LogP contribution in [0.5, 0.6) is 0 Å². The number of carbonyl (C=O) groups excluding carboxylic acids is 3. The van der Waals surface area contributed by atoms with E-state index in [1.807, 2.05) is 152 Å². The highest BCUT2D eigenvalue weighted by atomic mass is 16.8. The van der Waals surface area contributed by atoms with Crippen molar-refractivity contribution in [1.82, 2.24) is 0 Å². The minimum atomic E-state index is -1.66. The van der Waals surface area contributed by atoms with Crippen LogP contribution in [-0.2, 0) is 109 Å². The number of hydrogen-bond acceptors (Lipinski definition) is 18. The van der Waals surface area contributed by atoms with Gasteiger partial charge in [0.25, 0.3) is 0 Å². The van der Waals surface area contributed by atoms with Gasteiger partial charge in [0, 0.05) is 13.8 Å². The first-order valence-corrected chi connectivity index (χ1v) is 25.6. The highest BCUT2D eigenvalue weighted by Gasteiger charge is 2.59. The van der Waals surface area contributed by atoms with Gasteiger partial charge in [-0.1, -0.05) is 152 Å². The van der Waals surface area contributed by atoms with Crippen LogP contribution in [0.3, 0.4) is 0 Å². The smallest absolute Gasteiger partial charge is 0.338 e. The maximum atomic E-state index is 15.1. The number of carbonyl (C=O) groups is 3. The molecular formula is C59H64N2O16. The average molecular weight is 1060 g/mol. The molecule has 18 heteroatoms. The molecule has 0 spiro atoms. The second kappa shape index (κ2) is 27.2. The first-order chi connectivity index (χ1) is 37.6. The Hall–Kier alpha value is -6.55. The van der Waals surface area contributed by atoms with Gasteiger partial charge < -0.3 is 61.6 Å². The van der Waals surface area contributed by atoms with E-state index in [2.05, 4.69) is 23.4 Å². The molecule has 9 rings (SSSR count). The van der Waals surface area contributed by atoms with Gasteiger partial charge in [-0.25, -0.2) is 4.79 Å². The van der Waals surface area contributed by atoms with E-state index in [0.717, 1.165) is 22.3 Å². The van der Waals surface area contributed by atoms with E-state index in [0.29, 0.717) is 5.56 Å². The molecule has 15 atom stereocenters. The predicted octanol–water partition coefficient (Wildman–Crippen LogP) is 6.68. The fourth-order valence-electron chi connectivity index (χ4n) is 9.77. The van der Waals surface area contributed by atoms with Gasteiger partial charge in [-0.15, -0.1) is 0 Å². The molecule has 0 amide bonds. The van der Waals surface area contributed by atoms with E-state index in [4.69, 9.17) is 61.6 Å². The molecule has 9 unspecified atom stereocenters. The lowest BCUT2D eigenvalue weighted by atomic mass is 9.94. The Morgan fingerprint density at radius 2 is 0.948 bits per heavy atom. The summed E-state index contributed by atoms with van der Waals surface area (Å²) in [4.78, 5) is 49.3. The zero-order chi connectivity index (χ0) is 53.5. The van der Waals surface area contributed by atoms with Crippen LogP contribution in [0.25, 0.3) is 0 Å². The summed E-state index contributed by atoms with van der Waals surface area (Å²) in [7, 11) is 0. The van der Waals surface area contributed by atoms with Crippen molar-refractivity contribution >= 4 is 31.3 Å². The molecule has 0 radical (unpaired) electrons. The Balaban J connectivity index is 1.14. The van der Waals surface area contributed by atoms with Crippen molar-refractivity contribution in [3.05, 3.63) is 179 Å². The summed E-state index contributed by atoms with van der Waals surface area (Å²) in [6, 6.07) is 45.1. The molecule has 4 heterocycles. The lowest BCUT2D eigenvalue weighted by molar-refractivity contribution is -0.366. The number of benzene rings is 5. The molecule has 0 aliphatic carbocycles. The Morgan fingerprint density at radius 1 is 0.481 bits per heavy atom. The monoisotopic (exact) mass is 1060 g/mol. The molecular weight excluding hydrogens is 993 g/mol. The van der Waals surface area contributed by atoms with Crippen molar-refractivity contribution in [2.24, 2.45) is 9.98 Å². The molecule has 2 bridgehead atoms. The van der Waals surface area contributed by atoms with E-state index >= 15 is 4.79 Å². The van der Waals surface area contributed by atoms with Crippen LogP contribution in [-0.4, -0.2) is 137 Å². The fourth-order valence-corrected chi connectivity index (χ4v) is 9.77. The van der Waals surface area contributed by atoms with Crippen LogP contribution in [0, 0.1) is 0 Å². The zero-order valence-electron chi connectivity index (χ0n) is 42.9. The van der Waals surface area contributed by atoms with Crippen molar-refractivity contribution < 1.29 is 76.0 Å². The molecule has 4 saturated heterocycles. The summed E-state index contributed by atoms with van der Waals surface area (Å²) in [5.41, 5.74) is 3.98. The minimum Gasteiger partial charge on any atom is -0.463 e. The molecule has 18 nitrogen and oxygen atoms in total. The first-order valence-electron chi connectivity index (χ1n) is 25.6. The molecule has 0 saturated carbocycles. The van der Waals surface area contributed by atoms with Gasteiger partial charge in [0.1, 0.15) is 74.1 Å². The fraction of sp³-hybridized carbons (Fsp3) is 0.407. The quantitative estimate of drug-likeness (QED) is 0.0360. The highest BCUT2D eigenvalue weighted by Crippen LogP contribution is 2.40. The maximum absolute atomic E-state index is 15.1. The Kier molecular flexibility index (Phi) is 19.5. The third-order valence-corrected chi connectivity index (χ3v) is 13.5. The zero-order valence-corrected chi connectivity index (χ0v) is 42.9. The Bertz CT molecular complexity index is 2660. The van der Waals surface area contributed by atoms with E-state index in [-0.39, 0.29) is 46.2 Å². The predicted molar refractivity (Wildman–Crippen MR) is 277 cm³/mol. The second-order valence-electron chi connectivity index (χ2n) is 18.9. The lowest BCUT2D eigenvalue weighted by Gasteiger charge is -2.50. The lowest BCUT2D eigenvalue weighted by Crippen LogP contribution is -2.67. The van der Waals surface area contributed by atoms with Gasteiger partial charge in [-0.2, -0.15) is 0 Å². The van der Waals surface area contributed by atoms with Gasteiger partial charge in [-0.05, 0) is 41.3 Å². The number of nitrogens with zero attached hydrogens (tertiary/aromatic N) is 2. The molecule has 5 aromatic carbocycles. The second-order valence-corrected chi connectivity index (χ2v) is 18.9. The van der Waals surface area contributed by atoms with E-state index in [1.165, 1.54) is 13.8 Å². The number of aliphatic imine (C=N–C) groups is 2. The van der Waals surface area contributed by atoms with Crippen LogP contribution >= 0.6 is 0 Å². The number of esters is 3. The molecule has 77 heavy (non-hydrogen) atoms. The molecule has 0 N–H and O–H groups in total. The van der Waals surface area contributed by atoms with Crippen LogP contribution in [0.15, 0.2) is 162 Å². The standard InChI is InChI=1S/C59H64N2O16/c1-37(62)65-35-44-48(66-30-39-20-10-5-11-21-39)50(67-31-40-22-12-6-13-23-40)46(60-3)58(74-44)76-53-52(68-32-41-24-14-7-15-25-41)55(69-33-42-26-16-8-17-27-42)59(77-54(53)56(64)70-34-43-28-18-9-19-29-43)75-49-45-36-71-57(73-45)47(61-4)51(49)72-38(2)63/h5-29,44-55,57-59H,3-4,30-36H2,1-2H3/t44?,45?,46?,47?,48-,49-,50?,51?,52?,53+,54?,55?,57-,58-,59-/m1/s1. The van der Waals surface area contributed by atoms with Crippen molar-refractivity contribution in [2.45, 2.75) is 139 Å². The van der Waals surface area contributed by atoms with Crippen LogP contribution in [0.2, 0.25) is 0 Å². The van der Waals surface area contributed by atoms with Gasteiger partial charge >= 0.3 is 17.9 Å². The third kappa shape index (κ3) is 14.3. The molecule has 4 aliphatic rings. The van der Waals surface area contributed by atoms with Crippen molar-refractivity contribution in [3.8, 4) is 0 Å². The van der Waals surface area contributed by atoms with Crippen molar-refractivity contribution in [1.29, 1.82) is 0 Å². The van der Waals surface area contributed by atoms with Gasteiger partial charge in [-0.3, -0.25) is 19.6 Å². The third-order valence-electron chi connectivity index (χ3n) is 13.5. The minimum absolute atomic E-state index is 0.00676. The SMILES string of the molecule is C=NC1C(OC(C)=O)[C@H](O[C@@H]2OC(C(=O)OCc3ccccc3)[C@@H](O[C@H]3OC(COC(C)=O)[C@@H](OCc4ccccc4)C(OCc4ccccc4)C3N=C)C(OCc3ccccc3)C2OCc2ccccc2)C2CO[C@@H]1O2. The number of ether oxygens (including phenoxy) is 13. The Morgan fingerprint density at radius 3 is 1.44 bits per heavy atom. The summed E-state index contributed by atoms with van der Waals surface area (Å²) in [6.45, 7) is 10.2. The normalized spacial score (nSPS) is 29.7. The summed E-state index contributed by atoms with van der Waals surface area (Å²) < 4.78 is 85.0. The highest BCUT2D eigenvalue weighted by molar-refractivity contribution is 5.76. The van der Waals surface area contributed by atoms with Gasteiger partial charge in [0.15, 0.2) is 31.1 Å². The summed E-state index contributed by atoms with van der Waals surface area (Å²) in [6.07, 6.45) is -15.2. The number of fused-ring (bicyclic) bond motifs is 2. The van der Waals surface area contributed by atoms with Crippen molar-refractivity contribution in [3.63, 3.8) is 0 Å². The Labute approximate surface area is 447 Å². The maximum Gasteiger partial charge on any atom is 0.338 e. The van der Waals surface area contributed by atoms with E-state index in [9.17, 15) is 9.59 Å². The van der Waals surface area contributed by atoms with Gasteiger partial charge in [0.2, 0.25) is 0 Å². The van der Waals surface area contributed by atoms with Crippen LogP contribution in [0.1, 0.15) is 41.7 Å².